The van der Waals surface area contributed by atoms with Crippen molar-refractivity contribution in [3.63, 3.8) is 0 Å². The van der Waals surface area contributed by atoms with Gasteiger partial charge in [-0.3, -0.25) is 19.0 Å². The van der Waals surface area contributed by atoms with Crippen molar-refractivity contribution in [2.24, 2.45) is 5.92 Å². The number of likely N-dealkylation sites (N-methyl/N-ethyl adjacent to an activating group) is 1. The molecule has 0 aromatic carbocycles. The van der Waals surface area contributed by atoms with Crippen LogP contribution >= 0.6 is 11.3 Å². The quantitative estimate of drug-likeness (QED) is 0.451. The van der Waals surface area contributed by atoms with Crippen LogP contribution in [0.1, 0.15) is 39.8 Å². The fourth-order valence-electron chi connectivity index (χ4n) is 6.79. The smallest absolute Gasteiger partial charge is 0.276 e. The Morgan fingerprint density at radius 2 is 2.00 bits per heavy atom. The number of carbonyl (C=O) groups excluding carboxylic acids is 2. The second-order valence-electron chi connectivity index (χ2n) is 11.8. The van der Waals surface area contributed by atoms with Crippen LogP contribution in [0.25, 0.3) is 10.2 Å². The van der Waals surface area contributed by atoms with Crippen molar-refractivity contribution in [3.8, 4) is 0 Å². The molecule has 12 nitrogen and oxygen atoms in total. The van der Waals surface area contributed by atoms with E-state index in [0.717, 1.165) is 46.7 Å². The monoisotopic (exact) mass is 597 g/mol. The normalized spacial score (nSPS) is 24.6. The predicted octanol–water partition coefficient (Wildman–Crippen LogP) is 0.997. The molecule has 2 amide bonds. The lowest BCUT2D eigenvalue weighted by molar-refractivity contribution is -0.138. The van der Waals surface area contributed by atoms with E-state index in [-0.39, 0.29) is 34.7 Å². The van der Waals surface area contributed by atoms with E-state index in [1.54, 1.807) is 24.3 Å². The molecule has 1 spiro atoms. The minimum Gasteiger partial charge on any atom is -0.340 e. The molecule has 6 heterocycles. The number of pyridine rings is 1. The third-order valence-electron chi connectivity index (χ3n) is 9.02. The Bertz CT molecular complexity index is 1800. The van der Waals surface area contributed by atoms with E-state index < -0.39 is 27.0 Å². The highest BCUT2D eigenvalue weighted by Gasteiger charge is 2.57. The van der Waals surface area contributed by atoms with E-state index >= 15 is 0 Å². The summed E-state index contributed by atoms with van der Waals surface area (Å²) in [6.45, 7) is 6.24. The maximum atomic E-state index is 13.7. The van der Waals surface area contributed by atoms with Gasteiger partial charge in [0.15, 0.2) is 9.84 Å². The van der Waals surface area contributed by atoms with Crippen molar-refractivity contribution in [2.75, 3.05) is 43.5 Å². The zero-order chi connectivity index (χ0) is 28.8. The molecule has 2 atom stereocenters. The number of rotatable bonds is 3. The second-order valence-corrected chi connectivity index (χ2v) is 15.0. The van der Waals surface area contributed by atoms with E-state index in [1.807, 2.05) is 4.90 Å². The Kier molecular flexibility index (Phi) is 5.87. The lowest BCUT2D eigenvalue weighted by Gasteiger charge is -2.39. The van der Waals surface area contributed by atoms with Gasteiger partial charge < -0.3 is 20.4 Å². The molecule has 2 fully saturated rings. The molecule has 3 aromatic heterocycles. The molecule has 2 saturated heterocycles. The molecule has 216 valence electrons. The summed E-state index contributed by atoms with van der Waals surface area (Å²) in [5.74, 6) is -0.454. The summed E-state index contributed by atoms with van der Waals surface area (Å²) in [5.41, 5.74) is 0.308. The van der Waals surface area contributed by atoms with Gasteiger partial charge in [0.1, 0.15) is 34.0 Å². The van der Waals surface area contributed by atoms with Gasteiger partial charge in [0.2, 0.25) is 5.91 Å². The van der Waals surface area contributed by atoms with Gasteiger partial charge in [-0.2, -0.15) is 0 Å². The van der Waals surface area contributed by atoms with Crippen LogP contribution in [0.5, 0.6) is 0 Å². The molecular weight excluding hydrogens is 566 g/mol. The second kappa shape index (κ2) is 9.07. The molecule has 4 aliphatic rings. The van der Waals surface area contributed by atoms with Crippen molar-refractivity contribution in [2.45, 2.75) is 44.8 Å². The predicted molar refractivity (Wildman–Crippen MR) is 154 cm³/mol. The molecule has 7 rings (SSSR count). The molecule has 14 heteroatoms. The van der Waals surface area contributed by atoms with Gasteiger partial charge in [-0.25, -0.2) is 18.4 Å². The Morgan fingerprint density at radius 1 is 1.22 bits per heavy atom. The summed E-state index contributed by atoms with van der Waals surface area (Å²) < 4.78 is 25.4. The van der Waals surface area contributed by atoms with Crippen LogP contribution in [0.15, 0.2) is 17.2 Å². The lowest BCUT2D eigenvalue weighted by atomic mass is 9.86. The fraction of sp³-hybridized carbons (Fsp3) is 0.519. The first kappa shape index (κ1) is 26.5. The van der Waals surface area contributed by atoms with Crippen LogP contribution in [0, 0.1) is 12.8 Å². The molecule has 0 saturated carbocycles. The Labute approximate surface area is 240 Å². The Morgan fingerprint density at radius 3 is 2.73 bits per heavy atom. The average molecular weight is 598 g/mol. The number of hydrogen-bond acceptors (Lipinski definition) is 10. The molecule has 1 aliphatic carbocycles. The minimum atomic E-state index is -3.34. The van der Waals surface area contributed by atoms with E-state index in [2.05, 4.69) is 39.5 Å². The number of aryl methyl sites for hydroxylation is 2. The Hall–Kier alpha value is -3.36. The highest BCUT2D eigenvalue weighted by molar-refractivity contribution is 7.92. The zero-order valence-corrected chi connectivity index (χ0v) is 24.7. The minimum absolute atomic E-state index is 0.0699. The summed E-state index contributed by atoms with van der Waals surface area (Å²) in [4.78, 5) is 55.0. The molecule has 0 unspecified atom stereocenters. The number of hydrogen-bond donors (Lipinski definition) is 2. The van der Waals surface area contributed by atoms with E-state index in [9.17, 15) is 22.8 Å². The first-order valence-electron chi connectivity index (χ1n) is 13.8. The SMILES string of the molecule is Cc1cc(Nc2ncnc3sc4c(c23)CC[C@H](C(=O)N2CCN(C)[C@H](C)C2)C4)c(=O)n2c1C(=O)NC21CS(=O)(=O)C1. The van der Waals surface area contributed by atoms with Gasteiger partial charge in [0.05, 0.1) is 16.9 Å². The highest BCUT2D eigenvalue weighted by Crippen LogP contribution is 2.41. The average Bonchev–Trinajstić information content (AvgIpc) is 3.42. The number of amides is 2. The van der Waals surface area contributed by atoms with E-state index in [0.29, 0.717) is 30.3 Å². The third-order valence-corrected chi connectivity index (χ3v) is 12.0. The number of anilines is 2. The van der Waals surface area contributed by atoms with Crippen LogP contribution < -0.4 is 16.2 Å². The van der Waals surface area contributed by atoms with Crippen molar-refractivity contribution >= 4 is 54.7 Å². The van der Waals surface area contributed by atoms with Gasteiger partial charge in [-0.05, 0) is 57.4 Å². The van der Waals surface area contributed by atoms with Crippen LogP contribution in [0.2, 0.25) is 0 Å². The number of nitrogens with one attached hydrogen (secondary N) is 2. The van der Waals surface area contributed by atoms with Gasteiger partial charge in [0, 0.05) is 36.5 Å². The molecule has 0 bridgehead atoms. The van der Waals surface area contributed by atoms with Gasteiger partial charge in [0.25, 0.3) is 11.5 Å². The molecule has 0 radical (unpaired) electrons. The van der Waals surface area contributed by atoms with Crippen molar-refractivity contribution in [1.29, 1.82) is 0 Å². The van der Waals surface area contributed by atoms with Crippen LogP contribution in [0.3, 0.4) is 0 Å². The topological polar surface area (TPSA) is 147 Å². The van der Waals surface area contributed by atoms with Crippen molar-refractivity contribution < 1.29 is 18.0 Å². The summed E-state index contributed by atoms with van der Waals surface area (Å²) in [5, 5.41) is 6.76. The maximum Gasteiger partial charge on any atom is 0.276 e. The molecule has 3 aliphatic heterocycles. The van der Waals surface area contributed by atoms with Crippen molar-refractivity contribution in [3.05, 3.63) is 44.4 Å². The van der Waals surface area contributed by atoms with Gasteiger partial charge >= 0.3 is 0 Å². The van der Waals surface area contributed by atoms with Crippen molar-refractivity contribution in [1.82, 2.24) is 29.7 Å². The van der Waals surface area contributed by atoms with Crippen LogP contribution in [-0.2, 0) is 33.1 Å². The summed E-state index contributed by atoms with van der Waals surface area (Å²) in [6.07, 6.45) is 3.54. The lowest BCUT2D eigenvalue weighted by Crippen LogP contribution is -2.64. The first-order valence-corrected chi connectivity index (χ1v) is 16.4. The number of sulfone groups is 1. The standard InChI is InChI=1S/C27H31N7O5S2/c1-14-8-18(26(37)34-21(14)23(35)31-27(34)11-41(38,39)12-27)30-22-20-17-5-4-16(9-19(17)40-24(20)29-13-28-22)25(36)33-7-6-32(3)15(2)10-33/h8,13,15-16H,4-7,9-12H2,1-3H3,(H,31,35)(H,28,29,30)/t15-,16+/m1/s1. The number of nitrogens with zero attached hydrogens (tertiary/aromatic N) is 5. The first-order chi connectivity index (χ1) is 19.5. The van der Waals surface area contributed by atoms with Gasteiger partial charge in [-0.1, -0.05) is 0 Å². The molecule has 41 heavy (non-hydrogen) atoms. The summed E-state index contributed by atoms with van der Waals surface area (Å²) in [7, 11) is -1.25. The summed E-state index contributed by atoms with van der Waals surface area (Å²) in [6, 6.07) is 1.95. The number of thiophene rings is 1. The molecule has 3 aromatic rings. The summed E-state index contributed by atoms with van der Waals surface area (Å²) >= 11 is 1.56. The van der Waals surface area contributed by atoms with Crippen LogP contribution in [-0.4, -0.2) is 88.8 Å². The fourth-order valence-corrected chi connectivity index (χ4v) is 9.83. The zero-order valence-electron chi connectivity index (χ0n) is 23.1. The van der Waals surface area contributed by atoms with Gasteiger partial charge in [-0.15, -0.1) is 11.3 Å². The molecular formula is C27H31N7O5S2. The van der Waals surface area contributed by atoms with E-state index in [1.165, 1.54) is 10.9 Å². The molecule has 2 N–H and O–H groups in total. The third kappa shape index (κ3) is 4.09. The van der Waals surface area contributed by atoms with E-state index in [4.69, 9.17) is 0 Å². The largest absolute Gasteiger partial charge is 0.340 e. The maximum absolute atomic E-state index is 13.7. The number of piperazine rings is 1. The highest BCUT2D eigenvalue weighted by atomic mass is 32.2. The number of aromatic nitrogens is 3. The number of carbonyl (C=O) groups is 2. The van der Waals surface area contributed by atoms with Crippen LogP contribution in [0.4, 0.5) is 11.5 Å². The number of fused-ring (bicyclic) bond motifs is 5. The Balaban J connectivity index is 1.20.